The van der Waals surface area contributed by atoms with E-state index in [0.29, 0.717) is 18.9 Å². The van der Waals surface area contributed by atoms with Crippen molar-refractivity contribution in [3.8, 4) is 0 Å². The second kappa shape index (κ2) is 7.95. The van der Waals surface area contributed by atoms with Gasteiger partial charge in [-0.3, -0.25) is 4.79 Å². The number of ether oxygens (including phenoxy) is 1. The number of carbonyl (C=O) groups is 1. The lowest BCUT2D eigenvalue weighted by Gasteiger charge is -2.32. The fraction of sp³-hybridized carbons (Fsp3) is 0.389. The molecule has 1 N–H and O–H groups in total. The molecule has 2 atom stereocenters. The number of thiophene rings is 1. The predicted molar refractivity (Wildman–Crippen MR) is 93.9 cm³/mol. The lowest BCUT2D eigenvalue weighted by molar-refractivity contribution is -0.121. The highest BCUT2D eigenvalue weighted by Crippen LogP contribution is 2.33. The first-order valence-corrected chi connectivity index (χ1v) is 9.09. The Morgan fingerprint density at radius 1 is 1.26 bits per heavy atom. The molecule has 0 spiro atoms. The summed E-state index contributed by atoms with van der Waals surface area (Å²) in [5.41, 5.74) is 1.19. The maximum Gasteiger partial charge on any atom is 0.225 e. The summed E-state index contributed by atoms with van der Waals surface area (Å²) in [6, 6.07) is 14.0. The SMILES string of the molecule is O=C(Cc1ccc(Cl)s1)NC[C@H]1CCCO[C@@H]1c1ccccc1. The van der Waals surface area contributed by atoms with Crippen molar-refractivity contribution in [3.05, 3.63) is 57.2 Å². The van der Waals surface area contributed by atoms with Crippen LogP contribution in [0.2, 0.25) is 4.34 Å². The Morgan fingerprint density at radius 2 is 2.09 bits per heavy atom. The second-order valence-corrected chi connectivity index (χ2v) is 7.59. The Kier molecular flexibility index (Phi) is 5.70. The summed E-state index contributed by atoms with van der Waals surface area (Å²) in [6.07, 6.45) is 2.58. The van der Waals surface area contributed by atoms with Crippen LogP contribution >= 0.6 is 22.9 Å². The van der Waals surface area contributed by atoms with Crippen LogP contribution < -0.4 is 5.32 Å². The highest BCUT2D eigenvalue weighted by Gasteiger charge is 2.27. The van der Waals surface area contributed by atoms with Gasteiger partial charge in [0.1, 0.15) is 0 Å². The third kappa shape index (κ3) is 4.56. The summed E-state index contributed by atoms with van der Waals surface area (Å²) in [5, 5.41) is 3.05. The molecular formula is C18H20ClNO2S. The number of hydrogen-bond acceptors (Lipinski definition) is 3. The quantitative estimate of drug-likeness (QED) is 0.877. The van der Waals surface area contributed by atoms with Crippen LogP contribution in [0.5, 0.6) is 0 Å². The minimum absolute atomic E-state index is 0.0425. The molecule has 1 amide bonds. The zero-order valence-electron chi connectivity index (χ0n) is 12.8. The number of nitrogens with one attached hydrogen (secondary N) is 1. The van der Waals surface area contributed by atoms with Gasteiger partial charge in [0.15, 0.2) is 0 Å². The lowest BCUT2D eigenvalue weighted by atomic mass is 9.89. The van der Waals surface area contributed by atoms with Crippen molar-refractivity contribution in [2.75, 3.05) is 13.2 Å². The van der Waals surface area contributed by atoms with Gasteiger partial charge in [-0.25, -0.2) is 0 Å². The predicted octanol–water partition coefficient (Wildman–Crippen LogP) is 4.23. The van der Waals surface area contributed by atoms with Crippen LogP contribution in [-0.2, 0) is 16.0 Å². The Balaban J connectivity index is 1.56. The van der Waals surface area contributed by atoms with Gasteiger partial charge >= 0.3 is 0 Å². The molecule has 1 aliphatic heterocycles. The number of halogens is 1. The molecule has 23 heavy (non-hydrogen) atoms. The molecular weight excluding hydrogens is 330 g/mol. The third-order valence-electron chi connectivity index (χ3n) is 4.10. The van der Waals surface area contributed by atoms with Crippen LogP contribution in [0.4, 0.5) is 0 Å². The molecule has 5 heteroatoms. The number of carbonyl (C=O) groups excluding carboxylic acids is 1. The monoisotopic (exact) mass is 349 g/mol. The Hall–Kier alpha value is -1.36. The van der Waals surface area contributed by atoms with E-state index in [1.165, 1.54) is 16.9 Å². The number of hydrogen-bond donors (Lipinski definition) is 1. The van der Waals surface area contributed by atoms with Gasteiger partial charge in [-0.05, 0) is 30.5 Å². The summed E-state index contributed by atoms with van der Waals surface area (Å²) in [7, 11) is 0. The fourth-order valence-corrected chi connectivity index (χ4v) is 4.06. The lowest BCUT2D eigenvalue weighted by Crippen LogP contribution is -2.35. The van der Waals surface area contributed by atoms with Gasteiger partial charge in [-0.15, -0.1) is 11.3 Å². The first kappa shape index (κ1) is 16.5. The van der Waals surface area contributed by atoms with E-state index in [9.17, 15) is 4.79 Å². The van der Waals surface area contributed by atoms with Crippen LogP contribution in [0.25, 0.3) is 0 Å². The largest absolute Gasteiger partial charge is 0.373 e. The Labute approximate surface area is 145 Å². The van der Waals surface area contributed by atoms with Gasteiger partial charge in [-0.2, -0.15) is 0 Å². The first-order valence-electron chi connectivity index (χ1n) is 7.90. The molecule has 0 aliphatic carbocycles. The van der Waals surface area contributed by atoms with E-state index in [1.807, 2.05) is 30.3 Å². The average molecular weight is 350 g/mol. The number of benzene rings is 1. The Morgan fingerprint density at radius 3 is 2.83 bits per heavy atom. The molecule has 1 aromatic carbocycles. The zero-order chi connectivity index (χ0) is 16.1. The number of rotatable bonds is 5. The van der Waals surface area contributed by atoms with Crippen molar-refractivity contribution in [1.82, 2.24) is 5.32 Å². The third-order valence-corrected chi connectivity index (χ3v) is 5.33. The molecule has 0 radical (unpaired) electrons. The molecule has 1 aromatic heterocycles. The molecule has 122 valence electrons. The van der Waals surface area contributed by atoms with Gasteiger partial charge < -0.3 is 10.1 Å². The number of amides is 1. The summed E-state index contributed by atoms with van der Waals surface area (Å²) in [6.45, 7) is 1.44. The topological polar surface area (TPSA) is 38.3 Å². The maximum absolute atomic E-state index is 12.1. The molecule has 3 nitrogen and oxygen atoms in total. The van der Waals surface area contributed by atoms with E-state index >= 15 is 0 Å². The minimum Gasteiger partial charge on any atom is -0.373 e. The van der Waals surface area contributed by atoms with E-state index in [0.717, 1.165) is 28.7 Å². The average Bonchev–Trinajstić information content (AvgIpc) is 2.99. The van der Waals surface area contributed by atoms with Crippen molar-refractivity contribution in [3.63, 3.8) is 0 Å². The van der Waals surface area contributed by atoms with Crippen molar-refractivity contribution in [1.29, 1.82) is 0 Å². The summed E-state index contributed by atoms with van der Waals surface area (Å²) < 4.78 is 6.68. The normalized spacial score (nSPS) is 21.1. The standard InChI is InChI=1S/C18H20ClNO2S/c19-16-9-8-15(23-16)11-17(21)20-12-14-7-4-10-22-18(14)13-5-2-1-3-6-13/h1-3,5-6,8-9,14,18H,4,7,10-12H2,(H,20,21)/t14-,18-/m1/s1. The molecule has 3 rings (SSSR count). The summed E-state index contributed by atoms with van der Waals surface area (Å²) in [4.78, 5) is 13.1. The molecule has 1 saturated heterocycles. The van der Waals surface area contributed by atoms with Gasteiger partial charge in [-0.1, -0.05) is 41.9 Å². The minimum atomic E-state index is 0.0425. The van der Waals surface area contributed by atoms with Gasteiger partial charge in [0, 0.05) is 23.9 Å². The maximum atomic E-state index is 12.1. The molecule has 1 aliphatic rings. The van der Waals surface area contributed by atoms with E-state index in [4.69, 9.17) is 16.3 Å². The van der Waals surface area contributed by atoms with Crippen LogP contribution in [0, 0.1) is 5.92 Å². The van der Waals surface area contributed by atoms with Crippen molar-refractivity contribution in [2.45, 2.75) is 25.4 Å². The van der Waals surface area contributed by atoms with Crippen LogP contribution in [0.1, 0.15) is 29.4 Å². The smallest absolute Gasteiger partial charge is 0.225 e. The van der Waals surface area contributed by atoms with Gasteiger partial charge in [0.2, 0.25) is 5.91 Å². The van der Waals surface area contributed by atoms with Crippen LogP contribution in [-0.4, -0.2) is 19.1 Å². The summed E-state index contributed by atoms with van der Waals surface area (Å²) in [5.74, 6) is 0.364. The van der Waals surface area contributed by atoms with Crippen molar-refractivity contribution < 1.29 is 9.53 Å². The molecule has 0 saturated carbocycles. The zero-order valence-corrected chi connectivity index (χ0v) is 14.4. The molecule has 2 heterocycles. The van der Waals surface area contributed by atoms with E-state index in [1.54, 1.807) is 0 Å². The molecule has 0 bridgehead atoms. The summed E-state index contributed by atoms with van der Waals surface area (Å²) >= 11 is 7.35. The molecule has 2 aromatic rings. The van der Waals surface area contributed by atoms with E-state index in [2.05, 4.69) is 17.4 Å². The van der Waals surface area contributed by atoms with Crippen LogP contribution in [0.3, 0.4) is 0 Å². The Bertz CT molecular complexity index is 643. The highest BCUT2D eigenvalue weighted by atomic mass is 35.5. The van der Waals surface area contributed by atoms with E-state index < -0.39 is 0 Å². The van der Waals surface area contributed by atoms with Gasteiger partial charge in [0.05, 0.1) is 16.9 Å². The van der Waals surface area contributed by atoms with E-state index in [-0.39, 0.29) is 12.0 Å². The van der Waals surface area contributed by atoms with Crippen molar-refractivity contribution in [2.24, 2.45) is 5.92 Å². The molecule has 0 unspecified atom stereocenters. The second-order valence-electron chi connectivity index (χ2n) is 5.79. The first-order chi connectivity index (χ1) is 11.2. The highest BCUT2D eigenvalue weighted by molar-refractivity contribution is 7.16. The fourth-order valence-electron chi connectivity index (χ4n) is 2.98. The van der Waals surface area contributed by atoms with Crippen molar-refractivity contribution >= 4 is 28.8 Å². The molecule has 1 fully saturated rings. The van der Waals surface area contributed by atoms with Crippen LogP contribution in [0.15, 0.2) is 42.5 Å². The van der Waals surface area contributed by atoms with Gasteiger partial charge in [0.25, 0.3) is 0 Å².